The van der Waals surface area contributed by atoms with Crippen LogP contribution in [0.15, 0.2) is 41.3 Å². The highest BCUT2D eigenvalue weighted by molar-refractivity contribution is 7.92. The minimum absolute atomic E-state index is 0.0247. The molecule has 2 aromatic carbocycles. The second-order valence-electron chi connectivity index (χ2n) is 7.27. The minimum atomic E-state index is -5.62. The first kappa shape index (κ1) is 21.5. The van der Waals surface area contributed by atoms with Crippen LogP contribution in [0.4, 0.5) is 35.1 Å². The van der Waals surface area contributed by atoms with Crippen LogP contribution in [-0.4, -0.2) is 13.9 Å². The van der Waals surface area contributed by atoms with Gasteiger partial charge in [-0.25, -0.2) is 30.4 Å². The van der Waals surface area contributed by atoms with E-state index in [4.69, 9.17) is 0 Å². The molecule has 0 bridgehead atoms. The monoisotopic (exact) mass is 466 g/mol. The molecule has 0 unspecified atom stereocenters. The normalized spacial score (nSPS) is 17.7. The molecule has 4 rings (SSSR count). The maximum Gasteiger partial charge on any atom is 0.501 e. The van der Waals surface area contributed by atoms with Crippen molar-refractivity contribution in [2.45, 2.75) is 23.2 Å². The Morgan fingerprint density at radius 1 is 0.710 bits per heavy atom. The number of allylic oxidation sites excluding steroid dienone is 4. The average Bonchev–Trinajstić information content (AvgIpc) is 3.36. The van der Waals surface area contributed by atoms with Crippen molar-refractivity contribution in [2.75, 3.05) is 0 Å². The average molecular weight is 466 g/mol. The lowest BCUT2D eigenvalue weighted by molar-refractivity contribution is -0.0436. The molecule has 2 aliphatic carbocycles. The minimum Gasteiger partial charge on any atom is -0.214 e. The molecule has 0 heterocycles. The van der Waals surface area contributed by atoms with Crippen molar-refractivity contribution in [1.82, 2.24) is 0 Å². The van der Waals surface area contributed by atoms with Crippen LogP contribution in [0, 0.1) is 34.5 Å². The summed E-state index contributed by atoms with van der Waals surface area (Å²) >= 11 is 0. The zero-order chi connectivity index (χ0) is 22.9. The van der Waals surface area contributed by atoms with Crippen LogP contribution in [0.1, 0.15) is 24.0 Å². The summed E-state index contributed by atoms with van der Waals surface area (Å²) < 4.78 is 131. The molecule has 0 amide bonds. The van der Waals surface area contributed by atoms with Crippen molar-refractivity contribution in [3.63, 3.8) is 0 Å². The molecule has 1 fully saturated rings. The Hall–Kier alpha value is -2.69. The van der Waals surface area contributed by atoms with Crippen LogP contribution >= 0.6 is 0 Å². The summed E-state index contributed by atoms with van der Waals surface area (Å²) in [7, 11) is -5.62. The summed E-state index contributed by atoms with van der Waals surface area (Å²) in [5.41, 5.74) is -7.58. The van der Waals surface area contributed by atoms with Crippen molar-refractivity contribution in [3.05, 3.63) is 76.6 Å². The molecule has 1 spiro atoms. The summed E-state index contributed by atoms with van der Waals surface area (Å²) in [5, 5.41) is 0. The molecule has 0 aromatic heterocycles. The van der Waals surface area contributed by atoms with E-state index in [0.717, 1.165) is 12.1 Å². The van der Waals surface area contributed by atoms with E-state index >= 15 is 0 Å². The fourth-order valence-corrected chi connectivity index (χ4v) is 4.20. The van der Waals surface area contributed by atoms with Gasteiger partial charge in [0.15, 0.2) is 23.3 Å². The van der Waals surface area contributed by atoms with Crippen LogP contribution in [0.3, 0.4) is 0 Å². The summed E-state index contributed by atoms with van der Waals surface area (Å²) in [4.78, 5) is -1.05. The van der Waals surface area contributed by atoms with Gasteiger partial charge in [-0.2, -0.15) is 13.2 Å². The summed E-state index contributed by atoms with van der Waals surface area (Å²) in [6.07, 6.45) is 3.94. The molecule has 31 heavy (non-hydrogen) atoms. The fourth-order valence-electron chi connectivity index (χ4n) is 3.44. The van der Waals surface area contributed by atoms with Gasteiger partial charge in [-0.3, -0.25) is 0 Å². The summed E-state index contributed by atoms with van der Waals surface area (Å²) in [5.74, 6) is -10.6. The summed E-state index contributed by atoms with van der Waals surface area (Å²) in [6, 6.07) is 3.28. The van der Waals surface area contributed by atoms with Gasteiger partial charge in [-0.15, -0.1) is 0 Å². The van der Waals surface area contributed by atoms with E-state index < -0.39 is 60.3 Å². The van der Waals surface area contributed by atoms with Gasteiger partial charge >= 0.3 is 5.51 Å². The first-order chi connectivity index (χ1) is 14.3. The van der Waals surface area contributed by atoms with Gasteiger partial charge < -0.3 is 0 Å². The highest BCUT2D eigenvalue weighted by Gasteiger charge is 2.47. The Bertz CT molecular complexity index is 1240. The predicted molar refractivity (Wildman–Crippen MR) is 93.5 cm³/mol. The molecule has 1 saturated carbocycles. The van der Waals surface area contributed by atoms with Gasteiger partial charge in [0.05, 0.1) is 10.5 Å². The molecule has 0 atom stereocenters. The molecule has 0 aliphatic heterocycles. The van der Waals surface area contributed by atoms with E-state index in [0.29, 0.717) is 25.0 Å². The molecule has 164 valence electrons. The van der Waals surface area contributed by atoms with Crippen LogP contribution in [0.2, 0.25) is 0 Å². The van der Waals surface area contributed by atoms with Crippen molar-refractivity contribution >= 4 is 21.0 Å². The number of rotatable bonds is 3. The second-order valence-corrected chi connectivity index (χ2v) is 9.21. The molecule has 0 radical (unpaired) electrons. The van der Waals surface area contributed by atoms with E-state index in [1.54, 1.807) is 0 Å². The molecule has 2 aromatic rings. The van der Waals surface area contributed by atoms with Gasteiger partial charge in [0.1, 0.15) is 0 Å². The second kappa shape index (κ2) is 6.65. The number of halogens is 8. The number of benzene rings is 2. The van der Waals surface area contributed by atoms with E-state index in [1.165, 1.54) is 12.2 Å². The maximum atomic E-state index is 14.4. The third-order valence-electron chi connectivity index (χ3n) is 5.24. The molecular weight excluding hydrogens is 456 g/mol. The van der Waals surface area contributed by atoms with Crippen LogP contribution in [0.5, 0.6) is 0 Å². The predicted octanol–water partition coefficient (Wildman–Crippen LogP) is 5.94. The molecular formula is C20H10F8O2S. The van der Waals surface area contributed by atoms with Gasteiger partial charge in [0, 0.05) is 5.41 Å². The Balaban J connectivity index is 1.83. The van der Waals surface area contributed by atoms with Gasteiger partial charge in [-0.1, -0.05) is 24.3 Å². The zero-order valence-electron chi connectivity index (χ0n) is 15.1. The highest BCUT2D eigenvalue weighted by atomic mass is 32.2. The van der Waals surface area contributed by atoms with Crippen molar-refractivity contribution in [2.24, 2.45) is 5.41 Å². The Labute approximate surface area is 170 Å². The van der Waals surface area contributed by atoms with Gasteiger partial charge in [0.25, 0.3) is 9.84 Å². The Kier molecular flexibility index (Phi) is 4.62. The molecule has 2 aliphatic rings. The lowest BCUT2D eigenvalue weighted by atomic mass is 9.94. The van der Waals surface area contributed by atoms with Gasteiger partial charge in [-0.05, 0) is 41.7 Å². The van der Waals surface area contributed by atoms with Crippen molar-refractivity contribution < 1.29 is 43.5 Å². The number of hydrogen-bond donors (Lipinski definition) is 0. The molecule has 0 N–H and O–H groups in total. The first-order valence-electron chi connectivity index (χ1n) is 8.69. The standard InChI is InChI=1S/C20H10F8O2S/c21-14-13(15(22)17(24)18(25)16(14)23)12-8-19(5-6-19)7-11(12)9-1-3-10(4-2-9)31(29,30)20(26,27)28/h1-4,7-8H,5-6H2. The van der Waals surface area contributed by atoms with Crippen LogP contribution < -0.4 is 0 Å². The molecule has 11 heteroatoms. The van der Waals surface area contributed by atoms with Crippen LogP contribution in [0.25, 0.3) is 11.1 Å². The quantitative estimate of drug-likeness (QED) is 0.319. The van der Waals surface area contributed by atoms with Crippen molar-refractivity contribution in [3.8, 4) is 0 Å². The molecule has 0 saturated heterocycles. The number of alkyl halides is 3. The number of hydrogen-bond acceptors (Lipinski definition) is 2. The third-order valence-corrected chi connectivity index (χ3v) is 6.74. The van der Waals surface area contributed by atoms with Crippen molar-refractivity contribution in [1.29, 1.82) is 0 Å². The van der Waals surface area contributed by atoms with Crippen LogP contribution in [-0.2, 0) is 9.84 Å². The SMILES string of the molecule is O=S(=O)(c1ccc(C2=CC3(C=C2c2c(F)c(F)c(F)c(F)c2F)CC3)cc1)C(F)(F)F. The maximum absolute atomic E-state index is 14.4. The Morgan fingerprint density at radius 3 is 1.61 bits per heavy atom. The first-order valence-corrected chi connectivity index (χ1v) is 10.2. The van der Waals surface area contributed by atoms with Gasteiger partial charge in [0.2, 0.25) is 5.82 Å². The van der Waals surface area contributed by atoms with E-state index in [2.05, 4.69) is 0 Å². The summed E-state index contributed by atoms with van der Waals surface area (Å²) in [6.45, 7) is 0. The lowest BCUT2D eigenvalue weighted by Crippen LogP contribution is -2.23. The Morgan fingerprint density at radius 2 is 1.16 bits per heavy atom. The largest absolute Gasteiger partial charge is 0.501 e. The zero-order valence-corrected chi connectivity index (χ0v) is 15.9. The highest BCUT2D eigenvalue weighted by Crippen LogP contribution is 2.58. The molecule has 2 nitrogen and oxygen atoms in total. The fraction of sp³-hybridized carbons (Fsp3) is 0.200. The lowest BCUT2D eigenvalue weighted by Gasteiger charge is -2.14. The number of sulfone groups is 1. The van der Waals surface area contributed by atoms with E-state index in [1.807, 2.05) is 0 Å². The van der Waals surface area contributed by atoms with E-state index in [-0.39, 0.29) is 16.7 Å². The van der Waals surface area contributed by atoms with E-state index in [9.17, 15) is 43.5 Å². The topological polar surface area (TPSA) is 34.1 Å². The smallest absolute Gasteiger partial charge is 0.214 e. The third kappa shape index (κ3) is 3.26.